The SMILES string of the molecule is C[C@@H]1NC(=O)[C@H](CC(N)=O)NC(=O)[C@H](Cc2c[nH]c3ccccc23)NC(=O)[C@H](CCCNC(=N)N)NC(=O)[C@@H](Cc2ccccc2)NC(=O)[C@H](C)NC(=O)[C@@H](NC(=O)[C@@H](N)Cc2ccc(O)cc2)CC(=O)N([C@@H](Cc2ccc(O)cc2)C(N)=O)C(C)(C(=O)O)NC(=O)[C@H](Cc2ccccc2)NC1=O. The zero-order valence-electron chi connectivity index (χ0n) is 56.5. The number of aromatic hydroxyl groups is 2. The Morgan fingerprint density at radius 1 is 0.573 bits per heavy atom. The summed E-state index contributed by atoms with van der Waals surface area (Å²) in [6, 6.07) is 15.6. The number of aromatic amines is 1. The number of hydrogen-bond donors (Lipinski definition) is 19. The quantitative estimate of drug-likeness (QED) is 0.0201. The largest absolute Gasteiger partial charge is 0.508 e. The van der Waals surface area contributed by atoms with Crippen LogP contribution in [0.15, 0.2) is 140 Å². The van der Waals surface area contributed by atoms with Crippen LogP contribution in [0.25, 0.3) is 10.9 Å². The molecule has 1 unspecified atom stereocenters. The molecule has 1 saturated heterocycles. The van der Waals surface area contributed by atoms with E-state index in [1.807, 2.05) is 0 Å². The number of guanidine groups is 1. The fourth-order valence-corrected chi connectivity index (χ4v) is 11.4. The molecule has 0 radical (unpaired) electrons. The first-order chi connectivity index (χ1) is 48.9. The molecule has 1 fully saturated rings. The van der Waals surface area contributed by atoms with Crippen LogP contribution < -0.4 is 76.1 Å². The highest BCUT2D eigenvalue weighted by atomic mass is 16.4. The number of primary amides is 2. The number of carbonyl (C=O) groups is 13. The lowest BCUT2D eigenvalue weighted by Gasteiger charge is -2.43. The second-order valence-electron chi connectivity index (χ2n) is 25.0. The number of carboxylic acid groups (broad SMARTS) is 1. The molecule has 0 aliphatic carbocycles. The predicted octanol–water partition coefficient (Wildman–Crippen LogP) is -2.52. The summed E-state index contributed by atoms with van der Waals surface area (Å²) in [7, 11) is 0. The van der Waals surface area contributed by atoms with Crippen LogP contribution in [-0.2, 0) is 94.4 Å². The maximum absolute atomic E-state index is 15.6. The van der Waals surface area contributed by atoms with Gasteiger partial charge in [-0.1, -0.05) is 103 Å². The molecular weight excluding hydrogens is 1330 g/mol. The number of nitrogens with one attached hydrogen (secondary N) is 12. The van der Waals surface area contributed by atoms with E-state index in [9.17, 15) is 68.1 Å². The highest BCUT2D eigenvalue weighted by molar-refractivity contribution is 6.02. The minimum atomic E-state index is -3.16. The smallest absolute Gasteiger partial charge is 0.350 e. The first kappa shape index (κ1) is 77.9. The number of para-hydroxylation sites is 1. The summed E-state index contributed by atoms with van der Waals surface area (Å²) >= 11 is 0. The summed E-state index contributed by atoms with van der Waals surface area (Å²) in [4.78, 5) is 193. The number of benzene rings is 5. The number of amides is 12. The van der Waals surface area contributed by atoms with Crippen molar-refractivity contribution in [1.29, 1.82) is 5.41 Å². The molecule has 1 aliphatic rings. The number of H-pyrrole nitrogens is 1. The summed E-state index contributed by atoms with van der Waals surface area (Å²) in [5, 5.41) is 64.9. The van der Waals surface area contributed by atoms with Crippen molar-refractivity contribution in [2.45, 2.75) is 145 Å². The normalized spacial score (nSPS) is 22.3. The molecule has 546 valence electrons. The number of aromatic nitrogens is 1. The Balaban J connectivity index is 1.38. The third kappa shape index (κ3) is 22.3. The Kier molecular flexibility index (Phi) is 27.3. The maximum Gasteiger partial charge on any atom is 0.350 e. The van der Waals surface area contributed by atoms with Gasteiger partial charge in [-0.05, 0) is 98.2 Å². The van der Waals surface area contributed by atoms with E-state index >= 15 is 9.59 Å². The van der Waals surface area contributed by atoms with Crippen molar-refractivity contribution in [2.24, 2.45) is 22.9 Å². The summed E-state index contributed by atoms with van der Waals surface area (Å²) in [5.41, 5.74) is 23.0. The number of carboxylic acids is 1. The van der Waals surface area contributed by atoms with E-state index < -0.39 is 175 Å². The summed E-state index contributed by atoms with van der Waals surface area (Å²) in [6.07, 6.45) is -2.81. The second kappa shape index (κ2) is 36.1. The van der Waals surface area contributed by atoms with Crippen LogP contribution in [0, 0.1) is 5.41 Å². The monoisotopic (exact) mass is 1420 g/mol. The van der Waals surface area contributed by atoms with E-state index in [4.69, 9.17) is 28.3 Å². The lowest BCUT2D eigenvalue weighted by Crippen LogP contribution is -2.72. The van der Waals surface area contributed by atoms with E-state index in [0.717, 1.165) is 20.8 Å². The van der Waals surface area contributed by atoms with Crippen LogP contribution in [-0.4, -0.2) is 181 Å². The van der Waals surface area contributed by atoms with Crippen LogP contribution in [0.1, 0.15) is 74.3 Å². The van der Waals surface area contributed by atoms with Gasteiger partial charge in [0, 0.05) is 49.3 Å². The second-order valence-corrected chi connectivity index (χ2v) is 25.0. The highest BCUT2D eigenvalue weighted by Crippen LogP contribution is 2.25. The maximum atomic E-state index is 15.6. The Bertz CT molecular complexity index is 4090. The Hall–Kier alpha value is -12.4. The molecular formula is C70H85N17O16. The molecule has 103 heavy (non-hydrogen) atoms. The van der Waals surface area contributed by atoms with Crippen LogP contribution in [0.2, 0.25) is 0 Å². The van der Waals surface area contributed by atoms with Gasteiger partial charge in [0.25, 0.3) is 0 Å². The number of aliphatic carboxylic acids is 1. The predicted molar refractivity (Wildman–Crippen MR) is 372 cm³/mol. The molecule has 7 rings (SSSR count). The molecule has 12 amide bonds. The van der Waals surface area contributed by atoms with Gasteiger partial charge >= 0.3 is 5.97 Å². The molecule has 1 aromatic heterocycles. The zero-order valence-corrected chi connectivity index (χ0v) is 56.5. The number of hydrogen-bond acceptors (Lipinski definition) is 17. The third-order valence-corrected chi connectivity index (χ3v) is 17.0. The topological polar surface area (TPSA) is 550 Å². The minimum absolute atomic E-state index is 0.0172. The Labute approximate surface area is 590 Å². The molecule has 5 aromatic carbocycles. The van der Waals surface area contributed by atoms with Crippen LogP contribution >= 0.6 is 0 Å². The van der Waals surface area contributed by atoms with Crippen molar-refractivity contribution in [3.63, 3.8) is 0 Å². The summed E-state index contributed by atoms with van der Waals surface area (Å²) < 4.78 is 0. The van der Waals surface area contributed by atoms with Crippen molar-refractivity contribution < 1.29 is 77.6 Å². The van der Waals surface area contributed by atoms with Gasteiger partial charge in [-0.15, -0.1) is 0 Å². The lowest BCUT2D eigenvalue weighted by atomic mass is 9.97. The highest BCUT2D eigenvalue weighted by Gasteiger charge is 2.51. The van der Waals surface area contributed by atoms with Crippen molar-refractivity contribution in [3.8, 4) is 11.5 Å². The molecule has 2 heterocycles. The Morgan fingerprint density at radius 2 is 1.04 bits per heavy atom. The van der Waals surface area contributed by atoms with E-state index in [-0.39, 0.29) is 55.7 Å². The summed E-state index contributed by atoms with van der Waals surface area (Å²) in [5.74, 6) is -17.2. The van der Waals surface area contributed by atoms with Crippen molar-refractivity contribution in [1.82, 2.24) is 63.1 Å². The van der Waals surface area contributed by atoms with Crippen molar-refractivity contribution in [2.75, 3.05) is 6.54 Å². The number of phenols is 2. The van der Waals surface area contributed by atoms with Gasteiger partial charge in [-0.2, -0.15) is 0 Å². The minimum Gasteiger partial charge on any atom is -0.508 e. The number of nitrogens with zero attached hydrogens (tertiary/aromatic N) is 1. The number of nitrogens with two attached hydrogens (primary N) is 4. The van der Waals surface area contributed by atoms with Gasteiger partial charge in [-0.25, -0.2) is 4.79 Å². The molecule has 6 aromatic rings. The molecule has 0 spiro atoms. The van der Waals surface area contributed by atoms with Gasteiger partial charge in [0.15, 0.2) is 5.96 Å². The first-order valence-electron chi connectivity index (χ1n) is 32.8. The van der Waals surface area contributed by atoms with Gasteiger partial charge in [0.05, 0.1) is 18.9 Å². The van der Waals surface area contributed by atoms with E-state index in [0.29, 0.717) is 38.1 Å². The molecule has 1 aliphatic heterocycles. The van der Waals surface area contributed by atoms with E-state index in [2.05, 4.69) is 58.2 Å². The molecule has 33 nitrogen and oxygen atoms in total. The fourth-order valence-electron chi connectivity index (χ4n) is 11.4. The van der Waals surface area contributed by atoms with E-state index in [1.165, 1.54) is 60.7 Å². The summed E-state index contributed by atoms with van der Waals surface area (Å²) in [6.45, 7) is 3.08. The van der Waals surface area contributed by atoms with Gasteiger partial charge in [-0.3, -0.25) is 67.8 Å². The van der Waals surface area contributed by atoms with E-state index in [1.54, 1.807) is 79.0 Å². The van der Waals surface area contributed by atoms with Gasteiger partial charge < -0.3 is 96.4 Å². The van der Waals surface area contributed by atoms with Crippen molar-refractivity contribution >= 4 is 93.7 Å². The third-order valence-electron chi connectivity index (χ3n) is 17.0. The fraction of sp³-hybridized carbons (Fsp3) is 0.343. The van der Waals surface area contributed by atoms with Crippen LogP contribution in [0.4, 0.5) is 0 Å². The average molecular weight is 1420 g/mol. The Morgan fingerprint density at radius 3 is 1.57 bits per heavy atom. The number of fused-ring (bicyclic) bond motifs is 1. The van der Waals surface area contributed by atoms with Crippen LogP contribution in [0.5, 0.6) is 11.5 Å². The zero-order chi connectivity index (χ0) is 75.2. The standard InChI is InChI=1S/C70H85N17O16/c1-37-59(93)81-50(30-39-13-6-4-7-14-39)65(99)80-49(19-12-28-76-69(74)75)62(96)84-52(33-43-36-77-48-18-11-10-17-46(43)48)66(100)85-53(34-56(72)90)63(97)78-38(2)60(94)82-51(31-40-15-8-5-9-16-40)67(101)86-70(3,68(102)103)87(55(58(73)92)32-42-22-26-45(89)27-23-42)57(91)35-54(64(98)79-37)83-61(95)47(71)29-41-20-24-44(88)25-21-41/h4-11,13-18,20-27,36-38,47,49-55,77,88-89H,12,19,28-35,71H2,1-3H3,(H2,72,90)(H2,73,92)(H,78,97)(H,79,98)(H,80,99)(H,81,93)(H,82,94)(H,83,95)(H,84,96)(H,85,100)(H,86,101)(H,102,103)(H4,74,75,76)/t37-,38-,47-,49-,50+,51-,52-,53-,54-,55-,70?/m0/s1. The molecule has 0 bridgehead atoms. The average Bonchev–Trinajstić information content (AvgIpc) is 1.30. The molecule has 33 heteroatoms. The van der Waals surface area contributed by atoms with Crippen LogP contribution in [0.3, 0.4) is 0 Å². The number of carbonyl (C=O) groups excluding carboxylic acids is 12. The molecule has 0 saturated carbocycles. The first-order valence-corrected chi connectivity index (χ1v) is 32.8. The number of rotatable bonds is 21. The molecule has 11 atom stereocenters. The van der Waals surface area contributed by atoms with Gasteiger partial charge in [0.2, 0.25) is 76.5 Å². The molecule has 23 N–H and O–H groups in total. The number of phenolic OH excluding ortho intramolecular Hbond substituents is 2. The van der Waals surface area contributed by atoms with Crippen molar-refractivity contribution in [3.05, 3.63) is 167 Å². The lowest BCUT2D eigenvalue weighted by molar-refractivity contribution is -0.168. The van der Waals surface area contributed by atoms with Gasteiger partial charge in [0.1, 0.15) is 65.9 Å².